The lowest BCUT2D eigenvalue weighted by Gasteiger charge is -2.18. The summed E-state index contributed by atoms with van der Waals surface area (Å²) in [6.45, 7) is 2.53. The minimum absolute atomic E-state index is 0.427. The Morgan fingerprint density at radius 1 is 0.958 bits per heavy atom. The predicted molar refractivity (Wildman–Crippen MR) is 100 cm³/mol. The molecule has 122 valence electrons. The van der Waals surface area contributed by atoms with E-state index < -0.39 is 10.0 Å². The van der Waals surface area contributed by atoms with Crippen molar-refractivity contribution < 1.29 is 8.42 Å². The number of anilines is 1. The van der Waals surface area contributed by atoms with Crippen molar-refractivity contribution >= 4 is 38.2 Å². The number of benzene rings is 3. The highest BCUT2D eigenvalue weighted by molar-refractivity contribution is 7.99. The summed E-state index contributed by atoms with van der Waals surface area (Å²) in [5, 5.41) is 1.82. The first-order valence-electron chi connectivity index (χ1n) is 7.81. The molecule has 24 heavy (non-hydrogen) atoms. The van der Waals surface area contributed by atoms with Gasteiger partial charge in [-0.05, 0) is 36.6 Å². The summed E-state index contributed by atoms with van der Waals surface area (Å²) < 4.78 is 27.3. The molecule has 1 aliphatic rings. The standard InChI is InChI=1S/C19H17NO2S2/c1-14-8-10-16(11-9-14)23-13-12-20-17-6-2-4-15-5-3-7-18(19(15)17)24(20,21)22/h2-11H,12-13H2,1H3. The molecule has 0 bridgehead atoms. The van der Waals surface area contributed by atoms with Crippen molar-refractivity contribution in [2.75, 3.05) is 16.6 Å². The first kappa shape index (κ1) is 15.5. The van der Waals surface area contributed by atoms with Crippen LogP contribution in [-0.2, 0) is 10.0 Å². The lowest BCUT2D eigenvalue weighted by atomic mass is 10.1. The third-order valence-corrected chi connectivity index (χ3v) is 7.11. The first-order chi connectivity index (χ1) is 11.6. The Labute approximate surface area is 146 Å². The van der Waals surface area contributed by atoms with E-state index in [0.29, 0.717) is 17.2 Å². The Morgan fingerprint density at radius 3 is 2.42 bits per heavy atom. The van der Waals surface area contributed by atoms with Crippen LogP contribution >= 0.6 is 11.8 Å². The molecule has 1 heterocycles. The van der Waals surface area contributed by atoms with Crippen LogP contribution in [0.2, 0.25) is 0 Å². The van der Waals surface area contributed by atoms with Crippen molar-refractivity contribution in [1.29, 1.82) is 0 Å². The number of rotatable bonds is 4. The molecule has 0 fully saturated rings. The second-order valence-corrected chi connectivity index (χ2v) is 8.87. The van der Waals surface area contributed by atoms with Crippen LogP contribution in [0.4, 0.5) is 5.69 Å². The molecule has 0 atom stereocenters. The molecule has 0 spiro atoms. The molecule has 0 N–H and O–H groups in total. The molecule has 0 saturated heterocycles. The molecule has 4 rings (SSSR count). The smallest absolute Gasteiger partial charge is 0.265 e. The summed E-state index contributed by atoms with van der Waals surface area (Å²) in [5.74, 6) is 0.715. The largest absolute Gasteiger partial charge is 0.265 e. The maximum atomic E-state index is 12.9. The third-order valence-electron chi connectivity index (χ3n) is 4.27. The Balaban J connectivity index is 1.60. The highest BCUT2D eigenvalue weighted by Gasteiger charge is 2.34. The van der Waals surface area contributed by atoms with Crippen molar-refractivity contribution in [3.05, 3.63) is 66.2 Å². The molecule has 1 aliphatic heterocycles. The second kappa shape index (κ2) is 5.83. The van der Waals surface area contributed by atoms with Crippen molar-refractivity contribution in [1.82, 2.24) is 0 Å². The van der Waals surface area contributed by atoms with E-state index >= 15 is 0 Å². The summed E-state index contributed by atoms with van der Waals surface area (Å²) in [4.78, 5) is 1.59. The fourth-order valence-electron chi connectivity index (χ4n) is 3.08. The van der Waals surface area contributed by atoms with E-state index in [4.69, 9.17) is 0 Å². The number of hydrogen-bond donors (Lipinski definition) is 0. The Bertz CT molecular complexity index is 1010. The molecule has 0 amide bonds. The molecule has 0 aromatic heterocycles. The van der Waals surface area contributed by atoms with Crippen LogP contribution in [-0.4, -0.2) is 20.7 Å². The van der Waals surface area contributed by atoms with E-state index in [-0.39, 0.29) is 0 Å². The van der Waals surface area contributed by atoms with Crippen LogP contribution in [0, 0.1) is 6.92 Å². The van der Waals surface area contributed by atoms with Crippen LogP contribution in [0.15, 0.2) is 70.5 Å². The third kappa shape index (κ3) is 2.48. The molecule has 3 aromatic carbocycles. The van der Waals surface area contributed by atoms with E-state index in [1.807, 2.05) is 30.3 Å². The molecule has 0 aliphatic carbocycles. The van der Waals surface area contributed by atoms with Crippen LogP contribution in [0.25, 0.3) is 10.8 Å². The summed E-state index contributed by atoms with van der Waals surface area (Å²) >= 11 is 1.68. The van der Waals surface area contributed by atoms with Gasteiger partial charge in [0.25, 0.3) is 10.0 Å². The van der Waals surface area contributed by atoms with Gasteiger partial charge in [-0.25, -0.2) is 8.42 Å². The summed E-state index contributed by atoms with van der Waals surface area (Å²) in [6.07, 6.45) is 0. The van der Waals surface area contributed by atoms with Crippen LogP contribution < -0.4 is 4.31 Å². The fraction of sp³-hybridized carbons (Fsp3) is 0.158. The van der Waals surface area contributed by atoms with Crippen LogP contribution in [0.1, 0.15) is 5.56 Å². The fourth-order valence-corrected chi connectivity index (χ4v) is 5.74. The molecular weight excluding hydrogens is 338 g/mol. The SMILES string of the molecule is Cc1ccc(SCCN2c3cccc4cccc(c34)S2(=O)=O)cc1. The van der Waals surface area contributed by atoms with Crippen molar-refractivity contribution in [2.45, 2.75) is 16.7 Å². The zero-order valence-corrected chi connectivity index (χ0v) is 14.9. The van der Waals surface area contributed by atoms with Gasteiger partial charge in [0.1, 0.15) is 0 Å². The number of thioether (sulfide) groups is 1. The lowest BCUT2D eigenvalue weighted by Crippen LogP contribution is -2.29. The van der Waals surface area contributed by atoms with Gasteiger partial charge in [-0.2, -0.15) is 0 Å². The number of hydrogen-bond acceptors (Lipinski definition) is 3. The molecular formula is C19H17NO2S2. The van der Waals surface area contributed by atoms with Gasteiger partial charge in [-0.1, -0.05) is 42.0 Å². The normalized spacial score (nSPS) is 15.1. The summed E-state index contributed by atoms with van der Waals surface area (Å²) in [5.41, 5.74) is 2.02. The van der Waals surface area contributed by atoms with Gasteiger partial charge in [0, 0.05) is 22.6 Å². The highest BCUT2D eigenvalue weighted by atomic mass is 32.2. The minimum atomic E-state index is -3.44. The highest BCUT2D eigenvalue weighted by Crippen LogP contribution is 2.42. The Morgan fingerprint density at radius 2 is 1.67 bits per heavy atom. The number of sulfonamides is 1. The van der Waals surface area contributed by atoms with E-state index in [9.17, 15) is 8.42 Å². The van der Waals surface area contributed by atoms with E-state index in [1.54, 1.807) is 22.1 Å². The zero-order valence-electron chi connectivity index (χ0n) is 13.3. The van der Waals surface area contributed by atoms with E-state index in [1.165, 1.54) is 5.56 Å². The number of nitrogens with zero attached hydrogens (tertiary/aromatic N) is 1. The molecule has 0 saturated carbocycles. The second-order valence-electron chi connectivity index (χ2n) is 5.87. The Kier molecular flexibility index (Phi) is 3.77. The number of aryl methyl sites for hydroxylation is 1. The van der Waals surface area contributed by atoms with Gasteiger partial charge < -0.3 is 0 Å². The van der Waals surface area contributed by atoms with Gasteiger partial charge in [0.15, 0.2) is 0 Å². The van der Waals surface area contributed by atoms with Gasteiger partial charge >= 0.3 is 0 Å². The zero-order chi connectivity index (χ0) is 16.7. The molecule has 3 nitrogen and oxygen atoms in total. The topological polar surface area (TPSA) is 37.4 Å². The molecule has 3 aromatic rings. The molecule has 0 radical (unpaired) electrons. The lowest BCUT2D eigenvalue weighted by molar-refractivity contribution is 0.595. The maximum Gasteiger partial charge on any atom is 0.265 e. The van der Waals surface area contributed by atoms with Gasteiger partial charge in [0.2, 0.25) is 0 Å². The van der Waals surface area contributed by atoms with Crippen molar-refractivity contribution in [3.8, 4) is 0 Å². The quantitative estimate of drug-likeness (QED) is 0.649. The maximum absolute atomic E-state index is 12.9. The molecule has 0 unspecified atom stereocenters. The van der Waals surface area contributed by atoms with Gasteiger partial charge in [-0.15, -0.1) is 11.8 Å². The van der Waals surface area contributed by atoms with Crippen LogP contribution in [0.3, 0.4) is 0 Å². The Hall–Kier alpha value is -1.98. The average molecular weight is 355 g/mol. The van der Waals surface area contributed by atoms with Gasteiger partial charge in [-0.3, -0.25) is 4.31 Å². The molecule has 5 heteroatoms. The minimum Gasteiger partial charge on any atom is -0.265 e. The predicted octanol–water partition coefficient (Wildman–Crippen LogP) is 4.45. The van der Waals surface area contributed by atoms with E-state index in [2.05, 4.69) is 31.2 Å². The summed E-state index contributed by atoms with van der Waals surface area (Å²) in [7, 11) is -3.44. The van der Waals surface area contributed by atoms with Crippen LogP contribution in [0.5, 0.6) is 0 Å². The monoisotopic (exact) mass is 355 g/mol. The van der Waals surface area contributed by atoms with E-state index in [0.717, 1.165) is 21.4 Å². The first-order valence-corrected chi connectivity index (χ1v) is 10.2. The summed E-state index contributed by atoms with van der Waals surface area (Å²) in [6, 6.07) is 19.6. The van der Waals surface area contributed by atoms with Gasteiger partial charge in [0.05, 0.1) is 10.6 Å². The van der Waals surface area contributed by atoms with Crippen molar-refractivity contribution in [3.63, 3.8) is 0 Å². The van der Waals surface area contributed by atoms with Crippen molar-refractivity contribution in [2.24, 2.45) is 0 Å². The average Bonchev–Trinajstić information content (AvgIpc) is 2.80.